The SMILES string of the molecule is c1ccc2cc3c(C4[N]CCN4)cccc3cc2c1. The Kier molecular flexibility index (Phi) is 2.50. The Hall–Kier alpha value is -1.90. The van der Waals surface area contributed by atoms with E-state index in [4.69, 9.17) is 0 Å². The van der Waals surface area contributed by atoms with Gasteiger partial charge in [0.25, 0.3) is 0 Å². The van der Waals surface area contributed by atoms with Crippen LogP contribution in [0.2, 0.25) is 0 Å². The van der Waals surface area contributed by atoms with Crippen LogP contribution in [0, 0.1) is 0 Å². The van der Waals surface area contributed by atoms with Gasteiger partial charge in [0.2, 0.25) is 0 Å². The molecule has 0 saturated carbocycles. The van der Waals surface area contributed by atoms with Gasteiger partial charge in [-0.1, -0.05) is 42.5 Å². The highest BCUT2D eigenvalue weighted by molar-refractivity contribution is 5.99. The molecular weight excluding hydrogens is 232 g/mol. The Labute approximate surface area is 112 Å². The third-order valence-corrected chi connectivity index (χ3v) is 3.84. The second-order valence-corrected chi connectivity index (χ2v) is 5.03. The van der Waals surface area contributed by atoms with E-state index in [-0.39, 0.29) is 6.17 Å². The molecule has 0 bridgehead atoms. The van der Waals surface area contributed by atoms with Gasteiger partial charge in [0.15, 0.2) is 0 Å². The first-order valence-electron chi connectivity index (χ1n) is 6.73. The molecule has 1 N–H and O–H groups in total. The summed E-state index contributed by atoms with van der Waals surface area (Å²) in [5.74, 6) is 0. The van der Waals surface area contributed by atoms with E-state index >= 15 is 0 Å². The molecule has 2 nitrogen and oxygen atoms in total. The van der Waals surface area contributed by atoms with Gasteiger partial charge in [0, 0.05) is 13.1 Å². The van der Waals surface area contributed by atoms with Gasteiger partial charge in [0.05, 0.1) is 0 Å². The van der Waals surface area contributed by atoms with Gasteiger partial charge >= 0.3 is 0 Å². The predicted octanol–water partition coefficient (Wildman–Crippen LogP) is 3.20. The molecule has 2 heteroatoms. The molecule has 3 aromatic rings. The lowest BCUT2D eigenvalue weighted by atomic mass is 9.98. The van der Waals surface area contributed by atoms with Crippen LogP contribution in [0.25, 0.3) is 21.5 Å². The lowest BCUT2D eigenvalue weighted by Gasteiger charge is -2.14. The van der Waals surface area contributed by atoms with Gasteiger partial charge in [-0.15, -0.1) is 0 Å². The molecule has 93 valence electrons. The fourth-order valence-electron chi connectivity index (χ4n) is 2.90. The van der Waals surface area contributed by atoms with Gasteiger partial charge in [-0.2, -0.15) is 0 Å². The van der Waals surface area contributed by atoms with Crippen molar-refractivity contribution in [1.29, 1.82) is 0 Å². The van der Waals surface area contributed by atoms with E-state index in [0.29, 0.717) is 0 Å². The summed E-state index contributed by atoms with van der Waals surface area (Å²) < 4.78 is 0. The summed E-state index contributed by atoms with van der Waals surface area (Å²) in [6.07, 6.45) is 0.157. The summed E-state index contributed by atoms with van der Waals surface area (Å²) in [5.41, 5.74) is 1.29. The minimum atomic E-state index is 0.157. The Bertz CT molecular complexity index is 742. The highest BCUT2D eigenvalue weighted by Gasteiger charge is 2.18. The van der Waals surface area contributed by atoms with E-state index in [2.05, 4.69) is 65.2 Å². The quantitative estimate of drug-likeness (QED) is 0.657. The van der Waals surface area contributed by atoms with Crippen LogP contribution in [0.5, 0.6) is 0 Å². The van der Waals surface area contributed by atoms with E-state index in [1.807, 2.05) is 0 Å². The van der Waals surface area contributed by atoms with E-state index in [0.717, 1.165) is 13.1 Å². The van der Waals surface area contributed by atoms with Crippen LogP contribution >= 0.6 is 0 Å². The maximum absolute atomic E-state index is 4.63. The van der Waals surface area contributed by atoms with Crippen molar-refractivity contribution in [3.05, 3.63) is 60.2 Å². The van der Waals surface area contributed by atoms with Crippen molar-refractivity contribution < 1.29 is 0 Å². The predicted molar refractivity (Wildman–Crippen MR) is 79.2 cm³/mol. The number of nitrogens with one attached hydrogen (secondary N) is 1. The molecular formula is C17H15N2. The number of benzene rings is 3. The Morgan fingerprint density at radius 3 is 2.47 bits per heavy atom. The standard InChI is InChI=1S/C17H15N2/c1-2-5-13-11-16-14(10-12(13)4-1)6-3-7-15(16)17-18-8-9-19-17/h1-7,10-11,17-18H,8-9H2. The maximum atomic E-state index is 4.63. The lowest BCUT2D eigenvalue weighted by Crippen LogP contribution is -2.17. The summed E-state index contributed by atoms with van der Waals surface area (Å²) in [4.78, 5) is 0. The second kappa shape index (κ2) is 4.34. The zero-order chi connectivity index (χ0) is 12.7. The smallest absolute Gasteiger partial charge is 0.100 e. The monoisotopic (exact) mass is 247 g/mol. The topological polar surface area (TPSA) is 26.1 Å². The highest BCUT2D eigenvalue weighted by Crippen LogP contribution is 2.29. The van der Waals surface area contributed by atoms with Crippen molar-refractivity contribution in [3.8, 4) is 0 Å². The Balaban J connectivity index is 2.00. The molecule has 1 aliphatic rings. The molecule has 4 rings (SSSR count). The van der Waals surface area contributed by atoms with Gasteiger partial charge < -0.3 is 0 Å². The third kappa shape index (κ3) is 1.81. The van der Waals surface area contributed by atoms with Crippen LogP contribution < -0.4 is 10.6 Å². The van der Waals surface area contributed by atoms with Crippen molar-refractivity contribution in [3.63, 3.8) is 0 Å². The average molecular weight is 247 g/mol. The van der Waals surface area contributed by atoms with Crippen LogP contribution in [-0.2, 0) is 0 Å². The lowest BCUT2D eigenvalue weighted by molar-refractivity contribution is 0.583. The number of nitrogens with zero attached hydrogens (tertiary/aromatic N) is 1. The van der Waals surface area contributed by atoms with Crippen molar-refractivity contribution >= 4 is 21.5 Å². The molecule has 0 aromatic heterocycles. The fourth-order valence-corrected chi connectivity index (χ4v) is 2.90. The molecule has 1 radical (unpaired) electrons. The van der Waals surface area contributed by atoms with Crippen molar-refractivity contribution in [2.75, 3.05) is 13.1 Å². The Morgan fingerprint density at radius 2 is 1.68 bits per heavy atom. The summed E-state index contributed by atoms with van der Waals surface area (Å²) in [7, 11) is 0. The minimum absolute atomic E-state index is 0.157. The Morgan fingerprint density at radius 1 is 0.895 bits per heavy atom. The van der Waals surface area contributed by atoms with E-state index < -0.39 is 0 Å². The molecule has 1 saturated heterocycles. The molecule has 19 heavy (non-hydrogen) atoms. The van der Waals surface area contributed by atoms with Gasteiger partial charge in [0.1, 0.15) is 6.17 Å². The normalized spacial score (nSPS) is 16.4. The zero-order valence-electron chi connectivity index (χ0n) is 10.6. The largest absolute Gasteiger partial charge is 0.296 e. The molecule has 1 unspecified atom stereocenters. The van der Waals surface area contributed by atoms with Gasteiger partial charge in [-0.3, -0.25) is 5.32 Å². The highest BCUT2D eigenvalue weighted by atomic mass is 15.2. The molecule has 1 fully saturated rings. The first-order valence-corrected chi connectivity index (χ1v) is 6.73. The second-order valence-electron chi connectivity index (χ2n) is 5.03. The summed E-state index contributed by atoms with van der Waals surface area (Å²) >= 11 is 0. The summed E-state index contributed by atoms with van der Waals surface area (Å²) in [6, 6.07) is 19.6. The molecule has 1 aliphatic heterocycles. The van der Waals surface area contributed by atoms with Crippen LogP contribution in [0.1, 0.15) is 11.7 Å². The fraction of sp³-hybridized carbons (Fsp3) is 0.176. The van der Waals surface area contributed by atoms with Crippen LogP contribution in [0.4, 0.5) is 0 Å². The molecule has 1 heterocycles. The summed E-state index contributed by atoms with van der Waals surface area (Å²) in [6.45, 7) is 1.89. The van der Waals surface area contributed by atoms with Crippen molar-refractivity contribution in [2.45, 2.75) is 6.17 Å². The number of fused-ring (bicyclic) bond motifs is 2. The average Bonchev–Trinajstić information content (AvgIpc) is 2.98. The van der Waals surface area contributed by atoms with E-state index in [9.17, 15) is 0 Å². The molecule has 0 aliphatic carbocycles. The molecule has 0 spiro atoms. The number of hydrogen-bond acceptors (Lipinski definition) is 1. The van der Waals surface area contributed by atoms with Crippen molar-refractivity contribution in [1.82, 2.24) is 10.6 Å². The van der Waals surface area contributed by atoms with Crippen molar-refractivity contribution in [2.24, 2.45) is 0 Å². The summed E-state index contributed by atoms with van der Waals surface area (Å²) in [5, 5.41) is 13.3. The van der Waals surface area contributed by atoms with E-state index in [1.165, 1.54) is 27.1 Å². The van der Waals surface area contributed by atoms with Crippen LogP contribution in [0.3, 0.4) is 0 Å². The number of rotatable bonds is 1. The molecule has 0 amide bonds. The first-order chi connectivity index (χ1) is 9.42. The zero-order valence-corrected chi connectivity index (χ0v) is 10.6. The first kappa shape index (κ1) is 11.0. The maximum Gasteiger partial charge on any atom is 0.100 e. The van der Waals surface area contributed by atoms with Crippen LogP contribution in [0.15, 0.2) is 54.6 Å². The number of hydrogen-bond donors (Lipinski definition) is 1. The van der Waals surface area contributed by atoms with Gasteiger partial charge in [-0.05, 0) is 39.2 Å². The third-order valence-electron chi connectivity index (χ3n) is 3.84. The molecule has 3 aromatic carbocycles. The minimum Gasteiger partial charge on any atom is -0.296 e. The molecule has 1 atom stereocenters. The van der Waals surface area contributed by atoms with Crippen LogP contribution in [-0.4, -0.2) is 13.1 Å². The van der Waals surface area contributed by atoms with Gasteiger partial charge in [-0.25, -0.2) is 5.32 Å². The van der Waals surface area contributed by atoms with E-state index in [1.54, 1.807) is 0 Å².